The average molecular weight is 471 g/mol. The Balaban J connectivity index is 1.07. The highest BCUT2D eigenvalue weighted by atomic mass is 16.1. The summed E-state index contributed by atoms with van der Waals surface area (Å²) in [6.07, 6.45) is 7.80. The second-order valence-electron chi connectivity index (χ2n) is 10.2. The van der Waals surface area contributed by atoms with E-state index in [4.69, 9.17) is 5.73 Å². The Hall–Kier alpha value is -3.95. The molecule has 4 aromatic rings. The highest BCUT2D eigenvalue weighted by Crippen LogP contribution is 2.53. The molecular weight excluding hydrogens is 440 g/mol. The molecule has 1 fully saturated rings. The van der Waals surface area contributed by atoms with E-state index in [1.807, 2.05) is 54.6 Å². The van der Waals surface area contributed by atoms with Crippen LogP contribution in [0.5, 0.6) is 0 Å². The summed E-state index contributed by atoms with van der Waals surface area (Å²) in [4.78, 5) is 12.8. The van der Waals surface area contributed by atoms with E-state index in [1.54, 1.807) is 0 Å². The molecule has 0 spiro atoms. The van der Waals surface area contributed by atoms with Gasteiger partial charge >= 0.3 is 0 Å². The van der Waals surface area contributed by atoms with Gasteiger partial charge in [0, 0.05) is 22.7 Å². The smallest absolute Gasteiger partial charge is 0.255 e. The van der Waals surface area contributed by atoms with Crippen LogP contribution in [0.1, 0.15) is 41.1 Å². The molecule has 3 nitrogen and oxygen atoms in total. The van der Waals surface area contributed by atoms with Gasteiger partial charge in [-0.2, -0.15) is 0 Å². The number of hydrogen-bond donors (Lipinski definition) is 2. The maximum atomic E-state index is 12.8. The Labute approximate surface area is 212 Å². The number of hydrogen-bond acceptors (Lipinski definition) is 2. The zero-order valence-electron chi connectivity index (χ0n) is 20.2. The number of carbonyl (C=O) groups is 1. The topological polar surface area (TPSA) is 55.1 Å². The third-order valence-corrected chi connectivity index (χ3v) is 7.64. The number of fused-ring (bicyclic) bond motifs is 1. The number of anilines is 1. The van der Waals surface area contributed by atoms with Gasteiger partial charge in [-0.3, -0.25) is 4.79 Å². The molecule has 1 amide bonds. The van der Waals surface area contributed by atoms with Crippen molar-refractivity contribution in [3.63, 3.8) is 0 Å². The van der Waals surface area contributed by atoms with E-state index < -0.39 is 0 Å². The van der Waals surface area contributed by atoms with E-state index in [-0.39, 0.29) is 11.4 Å². The highest BCUT2D eigenvalue weighted by Gasteiger charge is 2.52. The number of nitrogens with two attached hydrogens (primary N) is 1. The molecule has 3 unspecified atom stereocenters. The van der Waals surface area contributed by atoms with Gasteiger partial charge in [-0.15, -0.1) is 0 Å². The number of benzene rings is 4. The van der Waals surface area contributed by atoms with Crippen molar-refractivity contribution in [3.8, 4) is 11.1 Å². The minimum atomic E-state index is -0.146. The Kier molecular flexibility index (Phi) is 5.79. The lowest BCUT2D eigenvalue weighted by Gasteiger charge is -2.20. The van der Waals surface area contributed by atoms with Crippen LogP contribution in [0.2, 0.25) is 0 Å². The van der Waals surface area contributed by atoms with Crippen molar-refractivity contribution in [3.05, 3.63) is 125 Å². The predicted molar refractivity (Wildman–Crippen MR) is 148 cm³/mol. The molecule has 4 aromatic carbocycles. The summed E-state index contributed by atoms with van der Waals surface area (Å²) in [5.74, 6) is 0.756. The first-order valence-corrected chi connectivity index (χ1v) is 12.7. The summed E-state index contributed by atoms with van der Waals surface area (Å²) in [6, 6.07) is 34.6. The molecule has 0 bridgehead atoms. The third-order valence-electron chi connectivity index (χ3n) is 7.64. The van der Waals surface area contributed by atoms with Crippen molar-refractivity contribution in [2.75, 3.05) is 5.32 Å². The third kappa shape index (κ3) is 4.62. The molecule has 2 aliphatic rings. The first-order chi connectivity index (χ1) is 17.6. The quantitative estimate of drug-likeness (QED) is 0.393. The second-order valence-corrected chi connectivity index (χ2v) is 10.2. The van der Waals surface area contributed by atoms with E-state index >= 15 is 0 Å². The Morgan fingerprint density at radius 3 is 2.22 bits per heavy atom. The van der Waals surface area contributed by atoms with E-state index in [0.29, 0.717) is 17.4 Å². The summed E-state index contributed by atoms with van der Waals surface area (Å²) in [6.45, 7) is 0. The first-order valence-electron chi connectivity index (χ1n) is 12.7. The molecule has 6 rings (SSSR count). The summed E-state index contributed by atoms with van der Waals surface area (Å²) in [5.41, 5.74) is 11.6. The molecule has 0 aliphatic heterocycles. The van der Waals surface area contributed by atoms with E-state index in [1.165, 1.54) is 16.0 Å². The monoisotopic (exact) mass is 470 g/mol. The molecule has 0 radical (unpaired) electrons. The fourth-order valence-corrected chi connectivity index (χ4v) is 5.52. The van der Waals surface area contributed by atoms with Gasteiger partial charge in [-0.25, -0.2) is 0 Å². The summed E-state index contributed by atoms with van der Waals surface area (Å²) >= 11 is 0. The normalized spacial score (nSPS) is 22.0. The van der Waals surface area contributed by atoms with Crippen molar-refractivity contribution < 1.29 is 4.79 Å². The van der Waals surface area contributed by atoms with Crippen LogP contribution in [0.3, 0.4) is 0 Å². The largest absolute Gasteiger partial charge is 0.325 e. The molecule has 3 heteroatoms. The van der Waals surface area contributed by atoms with Crippen molar-refractivity contribution in [1.82, 2.24) is 0 Å². The van der Waals surface area contributed by atoms with Gasteiger partial charge in [0.05, 0.1) is 0 Å². The van der Waals surface area contributed by atoms with Crippen LogP contribution < -0.4 is 21.5 Å². The summed E-state index contributed by atoms with van der Waals surface area (Å²) in [5, 5.41) is 5.67. The number of rotatable bonds is 6. The van der Waals surface area contributed by atoms with Crippen LogP contribution in [0.4, 0.5) is 5.69 Å². The van der Waals surface area contributed by atoms with Crippen molar-refractivity contribution in [1.29, 1.82) is 0 Å². The zero-order chi connectivity index (χ0) is 24.5. The van der Waals surface area contributed by atoms with Gasteiger partial charge in [0.1, 0.15) is 0 Å². The Morgan fingerprint density at radius 2 is 1.47 bits per heavy atom. The maximum Gasteiger partial charge on any atom is 0.255 e. The van der Waals surface area contributed by atoms with E-state index in [2.05, 4.69) is 66.0 Å². The van der Waals surface area contributed by atoms with Crippen LogP contribution in [0.15, 0.2) is 103 Å². The van der Waals surface area contributed by atoms with E-state index in [0.717, 1.165) is 36.1 Å². The van der Waals surface area contributed by atoms with Gasteiger partial charge < -0.3 is 11.1 Å². The Morgan fingerprint density at radius 1 is 0.806 bits per heavy atom. The van der Waals surface area contributed by atoms with Gasteiger partial charge in [-0.05, 0) is 76.6 Å². The molecule has 1 saturated carbocycles. The lowest BCUT2D eigenvalue weighted by molar-refractivity contribution is 0.102. The van der Waals surface area contributed by atoms with Gasteiger partial charge in [-0.1, -0.05) is 91.0 Å². The fraction of sp³-hybridized carbons (Fsp3) is 0.182. The van der Waals surface area contributed by atoms with Crippen LogP contribution in [-0.4, -0.2) is 11.4 Å². The van der Waals surface area contributed by atoms with Crippen molar-refractivity contribution in [2.24, 2.45) is 11.7 Å². The highest BCUT2D eigenvalue weighted by molar-refractivity contribution is 6.04. The standard InChI is InChI=1S/C33H30N2O/c34-33(21-23-10-11-25-8-4-5-9-29(25)20-23)22-31(33)27-16-18-30(19-17-27)35-32(36)28-14-12-26(13-15-28)24-6-2-1-3-7-24/h1-9,11-20,23,31H,10,21-22,34H2,(H,35,36). The van der Waals surface area contributed by atoms with Gasteiger partial charge in [0.2, 0.25) is 0 Å². The lowest BCUT2D eigenvalue weighted by Crippen LogP contribution is -2.32. The molecule has 2 aliphatic carbocycles. The second kappa shape index (κ2) is 9.25. The number of carbonyl (C=O) groups excluding carboxylic acids is 1. The van der Waals surface area contributed by atoms with Gasteiger partial charge in [0.15, 0.2) is 0 Å². The molecule has 36 heavy (non-hydrogen) atoms. The molecule has 0 heterocycles. The van der Waals surface area contributed by atoms with Crippen molar-refractivity contribution >= 4 is 23.7 Å². The Bertz CT molecular complexity index is 1510. The van der Waals surface area contributed by atoms with Crippen LogP contribution >= 0.6 is 0 Å². The summed E-state index contributed by atoms with van der Waals surface area (Å²) < 4.78 is 0. The lowest BCUT2D eigenvalue weighted by atomic mass is 9.89. The van der Waals surface area contributed by atoms with Crippen LogP contribution in [-0.2, 0) is 0 Å². The molecule has 3 N–H and O–H groups in total. The van der Waals surface area contributed by atoms with Crippen molar-refractivity contribution in [2.45, 2.75) is 30.7 Å². The van der Waals surface area contributed by atoms with E-state index in [9.17, 15) is 4.79 Å². The maximum absolute atomic E-state index is 12.8. The fourth-order valence-electron chi connectivity index (χ4n) is 5.52. The summed E-state index contributed by atoms with van der Waals surface area (Å²) in [7, 11) is 0. The molecule has 0 aromatic heterocycles. The predicted octanol–water partition coefficient (Wildman–Crippen LogP) is 5.46. The minimum absolute atomic E-state index is 0.105. The molecular formula is C33H30N2O. The molecule has 178 valence electrons. The average Bonchev–Trinajstić information content (AvgIpc) is 3.59. The zero-order valence-corrected chi connectivity index (χ0v) is 20.2. The SMILES string of the molecule is NC1(CC2C=c3ccccc3=CC2)CC1c1ccc(NC(=O)c2ccc(-c3ccccc3)cc2)cc1. The number of nitrogens with one attached hydrogen (secondary N) is 1. The van der Waals surface area contributed by atoms with Crippen LogP contribution in [0.25, 0.3) is 23.3 Å². The number of amides is 1. The molecule has 3 atom stereocenters. The molecule has 0 saturated heterocycles. The van der Waals surface area contributed by atoms with Gasteiger partial charge in [0.25, 0.3) is 5.91 Å². The minimum Gasteiger partial charge on any atom is -0.325 e. The van der Waals surface area contributed by atoms with Crippen LogP contribution in [0, 0.1) is 5.92 Å². The first kappa shape index (κ1) is 22.5.